The molecule has 0 atom stereocenters. The van der Waals surface area contributed by atoms with Crippen molar-refractivity contribution in [3.8, 4) is 0 Å². The van der Waals surface area contributed by atoms with Gasteiger partial charge in [0.05, 0.1) is 5.56 Å². The predicted octanol–water partition coefficient (Wildman–Crippen LogP) is 1.99. The number of nitrogens with zero attached hydrogens (tertiary/aromatic N) is 1. The normalized spacial score (nSPS) is 11.4. The third kappa shape index (κ3) is 2.87. The van der Waals surface area contributed by atoms with Gasteiger partial charge in [-0.15, -0.1) is 0 Å². The monoisotopic (exact) mass is 239 g/mol. The van der Waals surface area contributed by atoms with Crippen LogP contribution in [0.2, 0.25) is 0 Å². The summed E-state index contributed by atoms with van der Waals surface area (Å²) in [6.45, 7) is 6.98. The van der Waals surface area contributed by atoms with Crippen LogP contribution in [0.15, 0.2) is 6.07 Å². The van der Waals surface area contributed by atoms with E-state index < -0.39 is 17.5 Å². The van der Waals surface area contributed by atoms with Crippen LogP contribution in [-0.2, 0) is 11.8 Å². The molecule has 1 aromatic heterocycles. The number of aromatic carboxylic acids is 1. The second-order valence-corrected chi connectivity index (χ2v) is 4.89. The highest BCUT2D eigenvalue weighted by molar-refractivity contribution is 5.95. The lowest BCUT2D eigenvalue weighted by Crippen LogP contribution is -2.24. The lowest BCUT2D eigenvalue weighted by Gasteiger charge is -2.19. The zero-order valence-electron chi connectivity index (χ0n) is 10.7. The van der Waals surface area contributed by atoms with Gasteiger partial charge < -0.3 is 14.4 Å². The van der Waals surface area contributed by atoms with E-state index in [0.717, 1.165) is 0 Å². The molecular formula is C12H17NO4. The fourth-order valence-electron chi connectivity index (χ4n) is 1.44. The van der Waals surface area contributed by atoms with Gasteiger partial charge in [-0.3, -0.25) is 0 Å². The summed E-state index contributed by atoms with van der Waals surface area (Å²) in [5.41, 5.74) is 0.350. The van der Waals surface area contributed by atoms with Gasteiger partial charge in [0.25, 0.3) is 0 Å². The van der Waals surface area contributed by atoms with Crippen molar-refractivity contribution >= 4 is 11.9 Å². The largest absolute Gasteiger partial charge is 0.477 e. The molecule has 1 heterocycles. The number of hydrogen-bond donors (Lipinski definition) is 1. The van der Waals surface area contributed by atoms with Gasteiger partial charge in [0.2, 0.25) is 0 Å². The number of hydrogen-bond acceptors (Lipinski definition) is 3. The third-order valence-electron chi connectivity index (χ3n) is 2.37. The molecule has 1 aromatic rings. The van der Waals surface area contributed by atoms with Crippen molar-refractivity contribution in [2.45, 2.75) is 33.3 Å². The Morgan fingerprint density at radius 1 is 1.35 bits per heavy atom. The summed E-state index contributed by atoms with van der Waals surface area (Å²) >= 11 is 0. The highest BCUT2D eigenvalue weighted by Crippen LogP contribution is 2.18. The maximum atomic E-state index is 11.8. The molecule has 0 aromatic carbocycles. The summed E-state index contributed by atoms with van der Waals surface area (Å²) in [5, 5.41) is 8.94. The van der Waals surface area contributed by atoms with Crippen LogP contribution in [0.1, 0.15) is 47.3 Å². The lowest BCUT2D eigenvalue weighted by atomic mass is 10.2. The van der Waals surface area contributed by atoms with Crippen molar-refractivity contribution < 1.29 is 19.4 Å². The van der Waals surface area contributed by atoms with Crippen molar-refractivity contribution in [3.63, 3.8) is 0 Å². The van der Waals surface area contributed by atoms with Gasteiger partial charge in [0.1, 0.15) is 11.3 Å². The number of carbonyl (C=O) groups excluding carboxylic acids is 1. The number of rotatable bonds is 2. The van der Waals surface area contributed by atoms with E-state index in [1.54, 1.807) is 34.7 Å². The van der Waals surface area contributed by atoms with Crippen molar-refractivity contribution in [3.05, 3.63) is 23.0 Å². The molecule has 5 nitrogen and oxygen atoms in total. The summed E-state index contributed by atoms with van der Waals surface area (Å²) in [4.78, 5) is 22.8. The maximum absolute atomic E-state index is 11.8. The van der Waals surface area contributed by atoms with Crippen molar-refractivity contribution in [1.29, 1.82) is 0 Å². The number of esters is 1. The molecule has 0 amide bonds. The molecule has 1 rings (SSSR count). The van der Waals surface area contributed by atoms with Crippen molar-refractivity contribution in [1.82, 2.24) is 4.57 Å². The van der Waals surface area contributed by atoms with E-state index in [0.29, 0.717) is 11.3 Å². The van der Waals surface area contributed by atoms with Crippen molar-refractivity contribution in [2.75, 3.05) is 0 Å². The standard InChI is InChI=1S/C12H17NO4/c1-7-8(11(16)17-12(2,3)4)6-9(10(14)15)13(7)5/h6H,1-5H3,(H,14,15). The molecule has 0 unspecified atom stereocenters. The second-order valence-electron chi connectivity index (χ2n) is 4.89. The van der Waals surface area contributed by atoms with Crippen LogP contribution in [0.5, 0.6) is 0 Å². The van der Waals surface area contributed by atoms with Gasteiger partial charge >= 0.3 is 11.9 Å². The molecule has 0 aliphatic rings. The second kappa shape index (κ2) is 4.24. The zero-order valence-corrected chi connectivity index (χ0v) is 10.7. The van der Waals surface area contributed by atoms with Gasteiger partial charge in [0.15, 0.2) is 0 Å². The van der Waals surface area contributed by atoms with Gasteiger partial charge in [-0.25, -0.2) is 9.59 Å². The van der Waals surface area contributed by atoms with E-state index in [4.69, 9.17) is 9.84 Å². The summed E-state index contributed by atoms with van der Waals surface area (Å²) in [6.07, 6.45) is 0. The van der Waals surface area contributed by atoms with E-state index in [9.17, 15) is 9.59 Å². The van der Waals surface area contributed by atoms with Crippen molar-refractivity contribution in [2.24, 2.45) is 7.05 Å². The molecule has 0 saturated carbocycles. The molecule has 0 fully saturated rings. The first-order valence-electron chi connectivity index (χ1n) is 5.26. The maximum Gasteiger partial charge on any atom is 0.352 e. The van der Waals surface area contributed by atoms with Gasteiger partial charge in [-0.1, -0.05) is 0 Å². The SMILES string of the molecule is Cc1c(C(=O)OC(C)(C)C)cc(C(=O)O)n1C. The molecule has 1 N–H and O–H groups in total. The van der Waals surface area contributed by atoms with E-state index >= 15 is 0 Å². The topological polar surface area (TPSA) is 68.5 Å². The molecule has 17 heavy (non-hydrogen) atoms. The number of carboxylic acids is 1. The first-order chi connectivity index (χ1) is 7.63. The van der Waals surface area contributed by atoms with E-state index in [1.165, 1.54) is 10.6 Å². The molecule has 0 saturated heterocycles. The summed E-state index contributed by atoms with van der Waals surface area (Å²) in [6, 6.07) is 1.34. The highest BCUT2D eigenvalue weighted by atomic mass is 16.6. The predicted molar refractivity (Wildman–Crippen MR) is 62.3 cm³/mol. The average Bonchev–Trinajstić information content (AvgIpc) is 2.41. The Kier molecular flexibility index (Phi) is 3.31. The summed E-state index contributed by atoms with van der Waals surface area (Å²) < 4.78 is 6.67. The number of carboxylic acid groups (broad SMARTS) is 1. The van der Waals surface area contributed by atoms with E-state index in [1.807, 2.05) is 0 Å². The molecule has 0 aliphatic carbocycles. The third-order valence-corrected chi connectivity index (χ3v) is 2.37. The first-order valence-corrected chi connectivity index (χ1v) is 5.26. The molecule has 0 bridgehead atoms. The van der Waals surface area contributed by atoms with Crippen LogP contribution in [0.25, 0.3) is 0 Å². The van der Waals surface area contributed by atoms with Crippen LogP contribution in [0.3, 0.4) is 0 Å². The molecular weight excluding hydrogens is 222 g/mol. The molecule has 0 radical (unpaired) electrons. The summed E-state index contributed by atoms with van der Waals surface area (Å²) in [5.74, 6) is -1.57. The fraction of sp³-hybridized carbons (Fsp3) is 0.500. The van der Waals surface area contributed by atoms with Crippen LogP contribution < -0.4 is 0 Å². The summed E-state index contributed by atoms with van der Waals surface area (Å²) in [7, 11) is 1.60. The van der Waals surface area contributed by atoms with Crippen LogP contribution >= 0.6 is 0 Å². The number of aromatic nitrogens is 1. The molecule has 94 valence electrons. The Morgan fingerprint density at radius 3 is 2.24 bits per heavy atom. The molecule has 0 spiro atoms. The Hall–Kier alpha value is -1.78. The van der Waals surface area contributed by atoms with Crippen LogP contribution in [0.4, 0.5) is 0 Å². The Morgan fingerprint density at radius 2 is 1.88 bits per heavy atom. The minimum Gasteiger partial charge on any atom is -0.477 e. The average molecular weight is 239 g/mol. The minimum absolute atomic E-state index is 0.0726. The first kappa shape index (κ1) is 13.3. The van der Waals surface area contributed by atoms with Crippen LogP contribution in [0, 0.1) is 6.92 Å². The Bertz CT molecular complexity index is 466. The molecule has 0 aliphatic heterocycles. The van der Waals surface area contributed by atoms with E-state index in [-0.39, 0.29) is 5.69 Å². The molecule has 5 heteroatoms. The minimum atomic E-state index is -1.06. The highest BCUT2D eigenvalue weighted by Gasteiger charge is 2.23. The van der Waals surface area contributed by atoms with E-state index in [2.05, 4.69) is 0 Å². The zero-order chi connectivity index (χ0) is 13.4. The Balaban J connectivity index is 3.12. The Labute approximate surface area is 100 Å². The number of carbonyl (C=O) groups is 2. The number of ether oxygens (including phenoxy) is 1. The van der Waals surface area contributed by atoms with Gasteiger partial charge in [-0.2, -0.15) is 0 Å². The lowest BCUT2D eigenvalue weighted by molar-refractivity contribution is 0.00686. The van der Waals surface area contributed by atoms with Gasteiger partial charge in [0, 0.05) is 12.7 Å². The smallest absolute Gasteiger partial charge is 0.352 e. The van der Waals surface area contributed by atoms with Gasteiger partial charge in [-0.05, 0) is 33.8 Å². The fourth-order valence-corrected chi connectivity index (χ4v) is 1.44. The quantitative estimate of drug-likeness (QED) is 0.801. The van der Waals surface area contributed by atoms with Crippen LogP contribution in [-0.4, -0.2) is 27.2 Å².